The predicted octanol–water partition coefficient (Wildman–Crippen LogP) is 2.93. The van der Waals surface area contributed by atoms with Crippen LogP contribution in [0, 0.1) is 0 Å². The van der Waals surface area contributed by atoms with E-state index in [1.165, 1.54) is 0 Å². The second-order valence-electron chi connectivity index (χ2n) is 5.57. The van der Waals surface area contributed by atoms with Gasteiger partial charge in [0.05, 0.1) is 6.10 Å². The first-order chi connectivity index (χ1) is 9.48. The molecule has 4 nitrogen and oxygen atoms in total. The van der Waals surface area contributed by atoms with Gasteiger partial charge in [0, 0.05) is 14.2 Å². The van der Waals surface area contributed by atoms with Gasteiger partial charge in [-0.15, -0.1) is 0 Å². The molecule has 0 spiro atoms. The maximum absolute atomic E-state index is 6.06. The van der Waals surface area contributed by atoms with Gasteiger partial charge in [-0.3, -0.25) is 0 Å². The lowest BCUT2D eigenvalue weighted by molar-refractivity contribution is -0.162. The van der Waals surface area contributed by atoms with E-state index in [0.717, 1.165) is 5.56 Å². The highest BCUT2D eigenvalue weighted by atomic mass is 16.8. The molecule has 0 amide bonds. The fourth-order valence-corrected chi connectivity index (χ4v) is 2.65. The number of methoxy groups -OCH3 is 2. The molecule has 1 heterocycles. The molecule has 20 heavy (non-hydrogen) atoms. The summed E-state index contributed by atoms with van der Waals surface area (Å²) in [5.41, 5.74) is 1.08. The van der Waals surface area contributed by atoms with Crippen LogP contribution in [0.25, 0.3) is 0 Å². The van der Waals surface area contributed by atoms with E-state index in [9.17, 15) is 0 Å². The normalized spacial score (nSPS) is 28.2. The highest BCUT2D eigenvalue weighted by molar-refractivity contribution is 5.20. The van der Waals surface area contributed by atoms with Crippen molar-refractivity contribution in [1.29, 1.82) is 0 Å². The van der Waals surface area contributed by atoms with E-state index >= 15 is 0 Å². The molecule has 0 bridgehead atoms. The lowest BCUT2D eigenvalue weighted by Crippen LogP contribution is -2.38. The predicted molar refractivity (Wildman–Crippen MR) is 76.5 cm³/mol. The van der Waals surface area contributed by atoms with Crippen LogP contribution in [-0.4, -0.2) is 38.3 Å². The van der Waals surface area contributed by atoms with Gasteiger partial charge < -0.3 is 18.9 Å². The molecule has 4 atom stereocenters. The molecular formula is C16H24O4. The molecule has 0 radical (unpaired) electrons. The summed E-state index contributed by atoms with van der Waals surface area (Å²) in [4.78, 5) is 0. The van der Waals surface area contributed by atoms with E-state index in [4.69, 9.17) is 18.9 Å². The van der Waals surface area contributed by atoms with Crippen LogP contribution in [-0.2, 0) is 18.9 Å². The molecule has 0 aliphatic carbocycles. The minimum Gasteiger partial charge on any atom is -0.379 e. The van der Waals surface area contributed by atoms with Gasteiger partial charge in [0.25, 0.3) is 0 Å². The van der Waals surface area contributed by atoms with E-state index in [1.54, 1.807) is 14.2 Å². The Morgan fingerprint density at radius 1 is 1.00 bits per heavy atom. The quantitative estimate of drug-likeness (QED) is 0.831. The van der Waals surface area contributed by atoms with Crippen LogP contribution in [0.3, 0.4) is 0 Å². The van der Waals surface area contributed by atoms with Gasteiger partial charge in [-0.05, 0) is 26.3 Å². The fraction of sp³-hybridized carbons (Fsp3) is 0.625. The third-order valence-electron chi connectivity index (χ3n) is 3.68. The van der Waals surface area contributed by atoms with Crippen LogP contribution >= 0.6 is 0 Å². The van der Waals surface area contributed by atoms with Gasteiger partial charge in [-0.1, -0.05) is 30.3 Å². The van der Waals surface area contributed by atoms with E-state index in [-0.39, 0.29) is 24.4 Å². The molecule has 112 valence electrons. The molecule has 1 saturated heterocycles. The summed E-state index contributed by atoms with van der Waals surface area (Å²) in [6.45, 7) is 5.82. The van der Waals surface area contributed by atoms with Crippen molar-refractivity contribution in [2.45, 2.75) is 51.0 Å². The van der Waals surface area contributed by atoms with E-state index in [2.05, 4.69) is 0 Å². The van der Waals surface area contributed by atoms with Gasteiger partial charge in [-0.25, -0.2) is 0 Å². The Hall–Kier alpha value is -0.940. The molecule has 1 fully saturated rings. The molecule has 0 saturated carbocycles. The van der Waals surface area contributed by atoms with Crippen LogP contribution in [0.4, 0.5) is 0 Å². The highest BCUT2D eigenvalue weighted by Gasteiger charge is 2.48. The van der Waals surface area contributed by atoms with Gasteiger partial charge in [0.15, 0.2) is 5.79 Å². The Morgan fingerprint density at radius 2 is 1.60 bits per heavy atom. The Balaban J connectivity index is 2.27. The van der Waals surface area contributed by atoms with Crippen LogP contribution in [0.1, 0.15) is 32.4 Å². The SMILES string of the molecule is CO[C@H](c1ccccc1)[C@@H]1OC(C)(C)O[C@H]1[C@@H](C)OC. The smallest absolute Gasteiger partial charge is 0.164 e. The average molecular weight is 280 g/mol. The Kier molecular flexibility index (Phi) is 4.81. The van der Waals surface area contributed by atoms with Crippen molar-refractivity contribution in [2.75, 3.05) is 14.2 Å². The zero-order valence-corrected chi connectivity index (χ0v) is 12.8. The number of hydrogen-bond donors (Lipinski definition) is 0. The van der Waals surface area contributed by atoms with Crippen LogP contribution in [0.5, 0.6) is 0 Å². The largest absolute Gasteiger partial charge is 0.379 e. The molecular weight excluding hydrogens is 256 g/mol. The van der Waals surface area contributed by atoms with Crippen molar-refractivity contribution < 1.29 is 18.9 Å². The molecule has 2 rings (SSSR count). The van der Waals surface area contributed by atoms with Crippen molar-refractivity contribution in [3.05, 3.63) is 35.9 Å². The minimum absolute atomic E-state index is 0.0665. The van der Waals surface area contributed by atoms with E-state index in [0.29, 0.717) is 0 Å². The molecule has 1 aromatic rings. The van der Waals surface area contributed by atoms with Gasteiger partial charge >= 0.3 is 0 Å². The maximum Gasteiger partial charge on any atom is 0.164 e. The molecule has 4 heteroatoms. The first-order valence-electron chi connectivity index (χ1n) is 6.94. The van der Waals surface area contributed by atoms with Gasteiger partial charge in [0.1, 0.15) is 18.3 Å². The van der Waals surface area contributed by atoms with Crippen molar-refractivity contribution in [3.8, 4) is 0 Å². The molecule has 1 aromatic carbocycles. The van der Waals surface area contributed by atoms with E-state index in [1.807, 2.05) is 51.1 Å². The molecule has 0 aromatic heterocycles. The highest BCUT2D eigenvalue weighted by Crippen LogP contribution is 2.38. The molecule has 1 aliphatic rings. The second-order valence-corrected chi connectivity index (χ2v) is 5.57. The standard InChI is InChI=1S/C16H24O4/c1-11(17-4)13-15(20-16(2,3)19-13)14(18-5)12-9-7-6-8-10-12/h6-11,13-15H,1-5H3/t11-,13+,14-,15-/m1/s1. The number of benzene rings is 1. The van der Waals surface area contributed by atoms with Crippen molar-refractivity contribution >= 4 is 0 Å². The zero-order chi connectivity index (χ0) is 14.8. The Bertz CT molecular complexity index is 418. The third kappa shape index (κ3) is 3.20. The maximum atomic E-state index is 6.06. The average Bonchev–Trinajstić information content (AvgIpc) is 2.76. The summed E-state index contributed by atoms with van der Waals surface area (Å²) in [5, 5.41) is 0. The summed E-state index contributed by atoms with van der Waals surface area (Å²) in [6.07, 6.45) is -0.615. The van der Waals surface area contributed by atoms with Crippen LogP contribution in [0.2, 0.25) is 0 Å². The van der Waals surface area contributed by atoms with Crippen molar-refractivity contribution in [2.24, 2.45) is 0 Å². The molecule has 1 aliphatic heterocycles. The summed E-state index contributed by atoms with van der Waals surface area (Å²) in [6, 6.07) is 10.1. The Morgan fingerprint density at radius 3 is 2.15 bits per heavy atom. The first-order valence-corrected chi connectivity index (χ1v) is 6.94. The lowest BCUT2D eigenvalue weighted by atomic mass is 9.98. The summed E-state index contributed by atoms with van der Waals surface area (Å²) in [7, 11) is 3.38. The fourth-order valence-electron chi connectivity index (χ4n) is 2.65. The third-order valence-corrected chi connectivity index (χ3v) is 3.68. The van der Waals surface area contributed by atoms with Crippen LogP contribution in [0.15, 0.2) is 30.3 Å². The minimum atomic E-state index is -0.631. The second kappa shape index (κ2) is 6.22. The molecule has 0 unspecified atom stereocenters. The van der Waals surface area contributed by atoms with Crippen LogP contribution < -0.4 is 0 Å². The number of hydrogen-bond acceptors (Lipinski definition) is 4. The lowest BCUT2D eigenvalue weighted by Gasteiger charge is -2.28. The summed E-state index contributed by atoms with van der Waals surface area (Å²) in [5.74, 6) is -0.631. The van der Waals surface area contributed by atoms with Crippen molar-refractivity contribution in [3.63, 3.8) is 0 Å². The molecule has 0 N–H and O–H groups in total. The monoisotopic (exact) mass is 280 g/mol. The van der Waals surface area contributed by atoms with Gasteiger partial charge in [-0.2, -0.15) is 0 Å². The first kappa shape index (κ1) is 15.4. The van der Waals surface area contributed by atoms with Gasteiger partial charge in [0.2, 0.25) is 0 Å². The van der Waals surface area contributed by atoms with E-state index < -0.39 is 5.79 Å². The summed E-state index contributed by atoms with van der Waals surface area (Å²) < 4.78 is 23.2. The topological polar surface area (TPSA) is 36.9 Å². The summed E-state index contributed by atoms with van der Waals surface area (Å²) >= 11 is 0. The zero-order valence-electron chi connectivity index (χ0n) is 12.8. The Labute approximate surface area is 121 Å². The number of ether oxygens (including phenoxy) is 4. The number of rotatable bonds is 5. The van der Waals surface area contributed by atoms with Crippen molar-refractivity contribution in [1.82, 2.24) is 0 Å².